The third kappa shape index (κ3) is 6.65. The minimum absolute atomic E-state index is 0.0194. The van der Waals surface area contributed by atoms with Crippen LogP contribution < -0.4 is 10.1 Å². The number of hydrogen-bond acceptors (Lipinski definition) is 5. The summed E-state index contributed by atoms with van der Waals surface area (Å²) >= 11 is 5.60. The maximum Gasteiger partial charge on any atom is 0.269 e. The van der Waals surface area contributed by atoms with Gasteiger partial charge in [-0.2, -0.15) is 5.26 Å². The molecule has 3 aromatic carbocycles. The van der Waals surface area contributed by atoms with Crippen molar-refractivity contribution in [1.29, 1.82) is 5.26 Å². The maximum atomic E-state index is 12.6. The van der Waals surface area contributed by atoms with E-state index in [4.69, 9.17) is 4.74 Å². The zero-order valence-corrected chi connectivity index (χ0v) is 21.8. The molecule has 0 saturated carbocycles. The van der Waals surface area contributed by atoms with Crippen LogP contribution in [0, 0.1) is 25.0 Å². The van der Waals surface area contributed by atoms with Gasteiger partial charge in [-0.25, -0.2) is 0 Å². The summed E-state index contributed by atoms with van der Waals surface area (Å²) < 4.78 is 7.32. The zero-order valence-electron chi connectivity index (χ0n) is 18.0. The minimum atomic E-state index is -0.489. The first-order chi connectivity index (χ1) is 16.3. The fourth-order valence-corrected chi connectivity index (χ4v) is 4.78. The topological polar surface area (TPSA) is 105 Å². The molecule has 1 N–H and O–H groups in total. The first kappa shape index (κ1) is 25.4. The van der Waals surface area contributed by atoms with E-state index in [1.807, 2.05) is 30.3 Å². The van der Waals surface area contributed by atoms with Gasteiger partial charge in [0.15, 0.2) is 0 Å². The van der Waals surface area contributed by atoms with Crippen LogP contribution in [0.15, 0.2) is 70.7 Å². The van der Waals surface area contributed by atoms with Crippen molar-refractivity contribution in [3.63, 3.8) is 0 Å². The molecule has 0 atom stereocenters. The van der Waals surface area contributed by atoms with Crippen LogP contribution in [-0.2, 0) is 17.8 Å². The summed E-state index contributed by atoms with van der Waals surface area (Å²) in [6, 6.07) is 19.1. The second-order valence-electron chi connectivity index (χ2n) is 7.20. The van der Waals surface area contributed by atoms with E-state index in [1.165, 1.54) is 18.2 Å². The van der Waals surface area contributed by atoms with Gasteiger partial charge in [0, 0.05) is 17.8 Å². The number of carbonyl (C=O) groups excluding carboxylic acids is 1. The van der Waals surface area contributed by atoms with E-state index in [-0.39, 0.29) is 17.9 Å². The third-order valence-electron chi connectivity index (χ3n) is 4.85. The number of nitro benzene ring substituents is 1. The van der Waals surface area contributed by atoms with Gasteiger partial charge in [0.25, 0.3) is 11.6 Å². The SMILES string of the molecule is CCc1ccc(NC(=O)/C(C#N)=C/c2cc(Br)c(OCc3ccc([N+](=O)[O-])cc3)c(I)c2)cc1. The number of nitrogens with zero attached hydrogens (tertiary/aromatic N) is 2. The average Bonchev–Trinajstić information content (AvgIpc) is 2.82. The Labute approximate surface area is 218 Å². The normalized spacial score (nSPS) is 10.9. The Bertz CT molecular complexity index is 1260. The molecule has 3 rings (SSSR count). The molecule has 0 aliphatic rings. The van der Waals surface area contributed by atoms with E-state index in [2.05, 4.69) is 50.8 Å². The number of nitro groups is 1. The van der Waals surface area contributed by atoms with Crippen molar-refractivity contribution in [2.24, 2.45) is 0 Å². The van der Waals surface area contributed by atoms with E-state index < -0.39 is 10.8 Å². The zero-order chi connectivity index (χ0) is 24.7. The summed E-state index contributed by atoms with van der Waals surface area (Å²) in [5.41, 5.74) is 3.21. The Balaban J connectivity index is 1.73. The number of halogens is 2. The Hall–Kier alpha value is -3.23. The van der Waals surface area contributed by atoms with E-state index in [0.29, 0.717) is 21.5 Å². The predicted octanol–water partition coefficient (Wildman–Crippen LogP) is 6.65. The summed E-state index contributed by atoms with van der Waals surface area (Å²) in [4.78, 5) is 22.9. The van der Waals surface area contributed by atoms with Crippen molar-refractivity contribution in [2.75, 3.05) is 5.32 Å². The fraction of sp³-hybridized carbons (Fsp3) is 0.120. The van der Waals surface area contributed by atoms with E-state index >= 15 is 0 Å². The molecule has 0 spiro atoms. The molecule has 0 fully saturated rings. The summed E-state index contributed by atoms with van der Waals surface area (Å²) in [5.74, 6) is 0.103. The Morgan fingerprint density at radius 3 is 2.38 bits per heavy atom. The van der Waals surface area contributed by atoms with Crippen LogP contribution in [0.2, 0.25) is 0 Å². The average molecular weight is 632 g/mol. The second-order valence-corrected chi connectivity index (χ2v) is 9.22. The number of amides is 1. The molecule has 9 heteroatoms. The van der Waals surface area contributed by atoms with Crippen LogP contribution in [0.5, 0.6) is 5.75 Å². The second kappa shape index (κ2) is 11.8. The predicted molar refractivity (Wildman–Crippen MR) is 142 cm³/mol. The summed E-state index contributed by atoms with van der Waals surface area (Å²) in [6.07, 6.45) is 2.42. The van der Waals surface area contributed by atoms with Crippen molar-refractivity contribution >= 4 is 61.9 Å². The Morgan fingerprint density at radius 1 is 1.18 bits per heavy atom. The summed E-state index contributed by atoms with van der Waals surface area (Å²) in [5, 5.41) is 23.0. The maximum absolute atomic E-state index is 12.6. The highest BCUT2D eigenvalue weighted by molar-refractivity contribution is 14.1. The molecule has 7 nitrogen and oxygen atoms in total. The van der Waals surface area contributed by atoms with Gasteiger partial charge in [0.1, 0.15) is 24.0 Å². The van der Waals surface area contributed by atoms with Gasteiger partial charge in [-0.05, 0) is 104 Å². The van der Waals surface area contributed by atoms with Crippen LogP contribution in [0.1, 0.15) is 23.6 Å². The number of rotatable bonds is 8. The lowest BCUT2D eigenvalue weighted by molar-refractivity contribution is -0.384. The van der Waals surface area contributed by atoms with E-state index in [1.54, 1.807) is 24.3 Å². The van der Waals surface area contributed by atoms with Crippen LogP contribution in [0.4, 0.5) is 11.4 Å². The molecule has 0 aromatic heterocycles. The molecule has 172 valence electrons. The van der Waals surface area contributed by atoms with Gasteiger partial charge >= 0.3 is 0 Å². The van der Waals surface area contributed by atoms with Crippen LogP contribution >= 0.6 is 38.5 Å². The highest BCUT2D eigenvalue weighted by Gasteiger charge is 2.13. The summed E-state index contributed by atoms with van der Waals surface area (Å²) in [6.45, 7) is 2.28. The molecule has 0 heterocycles. The van der Waals surface area contributed by atoms with E-state index in [9.17, 15) is 20.2 Å². The number of benzene rings is 3. The number of ether oxygens (including phenoxy) is 1. The van der Waals surface area contributed by atoms with Gasteiger partial charge in [-0.15, -0.1) is 0 Å². The van der Waals surface area contributed by atoms with Gasteiger partial charge in [-0.3, -0.25) is 14.9 Å². The Morgan fingerprint density at radius 2 is 1.82 bits per heavy atom. The number of aryl methyl sites for hydroxylation is 1. The molecule has 34 heavy (non-hydrogen) atoms. The van der Waals surface area contributed by atoms with Crippen LogP contribution in [0.3, 0.4) is 0 Å². The minimum Gasteiger partial charge on any atom is -0.487 e. The largest absolute Gasteiger partial charge is 0.487 e. The van der Waals surface area contributed by atoms with E-state index in [0.717, 1.165) is 21.1 Å². The first-order valence-corrected chi connectivity index (χ1v) is 12.0. The lowest BCUT2D eigenvalue weighted by atomic mass is 10.1. The monoisotopic (exact) mass is 631 g/mol. The van der Waals surface area contributed by atoms with Gasteiger partial charge in [-0.1, -0.05) is 19.1 Å². The highest BCUT2D eigenvalue weighted by atomic mass is 127. The molecule has 0 bridgehead atoms. The number of nitriles is 1. The number of anilines is 1. The van der Waals surface area contributed by atoms with Crippen molar-refractivity contribution in [2.45, 2.75) is 20.0 Å². The van der Waals surface area contributed by atoms with Crippen molar-refractivity contribution in [3.05, 3.63) is 101 Å². The number of nitrogens with one attached hydrogen (secondary N) is 1. The van der Waals surface area contributed by atoms with Crippen molar-refractivity contribution < 1.29 is 14.5 Å². The molecule has 0 radical (unpaired) electrons. The standard InChI is InChI=1S/C25H19BrIN3O4/c1-2-16-3-7-20(8-4-16)29-25(31)19(14-28)11-18-12-22(26)24(23(27)13-18)34-15-17-5-9-21(10-6-17)30(32)33/h3-13H,2,15H2,1H3,(H,29,31)/b19-11+. The van der Waals surface area contributed by atoms with Gasteiger partial charge in [0.05, 0.1) is 13.0 Å². The molecule has 0 aliphatic carbocycles. The smallest absolute Gasteiger partial charge is 0.269 e. The van der Waals surface area contributed by atoms with Gasteiger partial charge < -0.3 is 10.1 Å². The number of carbonyl (C=O) groups is 1. The number of non-ortho nitro benzene ring substituents is 1. The quantitative estimate of drug-likeness (QED) is 0.0985. The highest BCUT2D eigenvalue weighted by Crippen LogP contribution is 2.33. The molecular formula is C25H19BrIN3O4. The van der Waals surface area contributed by atoms with Crippen LogP contribution in [-0.4, -0.2) is 10.8 Å². The molecule has 0 saturated heterocycles. The fourth-order valence-electron chi connectivity index (χ4n) is 3.01. The molecule has 1 amide bonds. The van der Waals surface area contributed by atoms with Crippen LogP contribution in [0.25, 0.3) is 6.08 Å². The van der Waals surface area contributed by atoms with Crippen molar-refractivity contribution in [1.82, 2.24) is 0 Å². The van der Waals surface area contributed by atoms with Crippen molar-refractivity contribution in [3.8, 4) is 11.8 Å². The van der Waals surface area contributed by atoms with Gasteiger partial charge in [0.2, 0.25) is 0 Å². The summed E-state index contributed by atoms with van der Waals surface area (Å²) in [7, 11) is 0. The Kier molecular flexibility index (Phi) is 8.79. The molecular weight excluding hydrogens is 613 g/mol. The number of hydrogen-bond donors (Lipinski definition) is 1. The molecule has 3 aromatic rings. The third-order valence-corrected chi connectivity index (χ3v) is 6.24. The lowest BCUT2D eigenvalue weighted by Crippen LogP contribution is -2.13. The first-order valence-electron chi connectivity index (χ1n) is 10.2. The molecule has 0 aliphatic heterocycles. The molecule has 0 unspecified atom stereocenters. The lowest BCUT2D eigenvalue weighted by Gasteiger charge is -2.12.